The molecule has 14 heavy (non-hydrogen) atoms. The average Bonchev–Trinajstić information content (AvgIpc) is 2.11. The Morgan fingerprint density at radius 2 is 1.93 bits per heavy atom. The van der Waals surface area contributed by atoms with Crippen LogP contribution in [-0.2, 0) is 5.54 Å². The molecular formula is C9H9BrF2N2. The quantitative estimate of drug-likeness (QED) is 0.753. The van der Waals surface area contributed by atoms with E-state index in [-0.39, 0.29) is 10.0 Å². The first-order chi connectivity index (χ1) is 6.54. The van der Waals surface area contributed by atoms with Gasteiger partial charge in [-0.1, -0.05) is 6.07 Å². The maximum absolute atomic E-state index is 13.5. The zero-order valence-electron chi connectivity index (χ0n) is 7.28. The monoisotopic (exact) mass is 262 g/mol. The van der Waals surface area contributed by atoms with Crippen molar-refractivity contribution < 1.29 is 8.78 Å². The smallest absolute Gasteiger partial charge is 0.173 e. The third kappa shape index (κ3) is 1.36. The Labute approximate surface area is 88.6 Å². The lowest BCUT2D eigenvalue weighted by molar-refractivity contribution is 0.274. The van der Waals surface area contributed by atoms with E-state index in [1.807, 2.05) is 0 Å². The summed E-state index contributed by atoms with van der Waals surface area (Å²) in [6.07, 6.45) is 0. The molecule has 3 N–H and O–H groups in total. The molecule has 1 aliphatic rings. The highest BCUT2D eigenvalue weighted by Crippen LogP contribution is 2.29. The van der Waals surface area contributed by atoms with Crippen LogP contribution in [0.15, 0.2) is 16.6 Å². The van der Waals surface area contributed by atoms with Crippen molar-refractivity contribution in [2.24, 2.45) is 5.73 Å². The molecule has 1 aromatic rings. The second kappa shape index (κ2) is 3.25. The fraction of sp³-hybridized carbons (Fsp3) is 0.333. The Kier molecular flexibility index (Phi) is 2.33. The van der Waals surface area contributed by atoms with Crippen molar-refractivity contribution >= 4 is 15.9 Å². The van der Waals surface area contributed by atoms with Crippen LogP contribution in [0.25, 0.3) is 0 Å². The summed E-state index contributed by atoms with van der Waals surface area (Å²) in [5.74, 6) is -1.73. The molecule has 0 radical (unpaired) electrons. The van der Waals surface area contributed by atoms with Gasteiger partial charge in [0.2, 0.25) is 0 Å². The van der Waals surface area contributed by atoms with Gasteiger partial charge in [-0.3, -0.25) is 0 Å². The van der Waals surface area contributed by atoms with Gasteiger partial charge in [-0.25, -0.2) is 8.78 Å². The highest BCUT2D eigenvalue weighted by atomic mass is 79.9. The summed E-state index contributed by atoms with van der Waals surface area (Å²) in [6.45, 7) is 0.954. The van der Waals surface area contributed by atoms with E-state index in [2.05, 4.69) is 21.2 Å². The molecule has 1 aliphatic heterocycles. The predicted molar refractivity (Wildman–Crippen MR) is 52.8 cm³/mol. The third-order valence-corrected chi connectivity index (χ3v) is 3.06. The van der Waals surface area contributed by atoms with Gasteiger partial charge in [0.15, 0.2) is 11.6 Å². The Morgan fingerprint density at radius 3 is 2.43 bits per heavy atom. The fourth-order valence-electron chi connectivity index (χ4n) is 1.50. The highest BCUT2D eigenvalue weighted by molar-refractivity contribution is 9.10. The Bertz CT molecular complexity index is 377. The van der Waals surface area contributed by atoms with Gasteiger partial charge in [-0.2, -0.15) is 0 Å². The minimum Gasteiger partial charge on any atom is -0.319 e. The molecule has 1 fully saturated rings. The summed E-state index contributed by atoms with van der Waals surface area (Å²) in [5, 5.41) is 2.94. The van der Waals surface area contributed by atoms with E-state index < -0.39 is 17.2 Å². The standard InChI is InChI=1S/C9H9BrF2N2/c10-6-2-1-5(7(11)8(6)12)9(13)3-14-4-9/h1-2,14H,3-4,13H2. The zero-order valence-corrected chi connectivity index (χ0v) is 8.87. The Balaban J connectivity index is 2.49. The third-order valence-electron chi connectivity index (χ3n) is 2.45. The lowest BCUT2D eigenvalue weighted by Gasteiger charge is -2.39. The van der Waals surface area contributed by atoms with Crippen molar-refractivity contribution in [1.82, 2.24) is 5.32 Å². The molecule has 2 rings (SSSR count). The fourth-order valence-corrected chi connectivity index (χ4v) is 1.80. The number of benzene rings is 1. The molecule has 5 heteroatoms. The second-order valence-corrected chi connectivity index (χ2v) is 4.34. The number of nitrogens with two attached hydrogens (primary N) is 1. The summed E-state index contributed by atoms with van der Waals surface area (Å²) in [5.41, 5.74) is 5.33. The van der Waals surface area contributed by atoms with Gasteiger partial charge in [-0.05, 0) is 22.0 Å². The molecule has 2 nitrogen and oxygen atoms in total. The van der Waals surface area contributed by atoms with Crippen LogP contribution in [0.2, 0.25) is 0 Å². The van der Waals surface area contributed by atoms with E-state index in [4.69, 9.17) is 5.73 Å². The Morgan fingerprint density at radius 1 is 1.29 bits per heavy atom. The average molecular weight is 263 g/mol. The number of nitrogens with one attached hydrogen (secondary N) is 1. The molecule has 0 spiro atoms. The van der Waals surface area contributed by atoms with Gasteiger partial charge in [-0.15, -0.1) is 0 Å². The number of halogens is 3. The summed E-state index contributed by atoms with van der Waals surface area (Å²) >= 11 is 2.92. The predicted octanol–water partition coefficient (Wildman–Crippen LogP) is 1.48. The first kappa shape index (κ1) is 10.0. The van der Waals surface area contributed by atoms with Gasteiger partial charge in [0.25, 0.3) is 0 Å². The van der Waals surface area contributed by atoms with Gasteiger partial charge >= 0.3 is 0 Å². The zero-order chi connectivity index (χ0) is 10.3. The van der Waals surface area contributed by atoms with Crippen molar-refractivity contribution in [2.45, 2.75) is 5.54 Å². The first-order valence-corrected chi connectivity index (χ1v) is 4.97. The van der Waals surface area contributed by atoms with Crippen LogP contribution in [0.4, 0.5) is 8.78 Å². The van der Waals surface area contributed by atoms with Crippen LogP contribution >= 0.6 is 15.9 Å². The number of hydrogen-bond donors (Lipinski definition) is 2. The summed E-state index contributed by atoms with van der Waals surface area (Å²) < 4.78 is 26.8. The molecule has 1 saturated heterocycles. The van der Waals surface area contributed by atoms with Crippen LogP contribution in [0.3, 0.4) is 0 Å². The number of rotatable bonds is 1. The second-order valence-electron chi connectivity index (χ2n) is 3.48. The van der Waals surface area contributed by atoms with E-state index in [9.17, 15) is 8.78 Å². The van der Waals surface area contributed by atoms with Crippen molar-refractivity contribution in [3.63, 3.8) is 0 Å². The Hall–Kier alpha value is -0.520. The van der Waals surface area contributed by atoms with Gasteiger partial charge in [0.05, 0.1) is 10.0 Å². The lowest BCUT2D eigenvalue weighted by atomic mass is 9.85. The van der Waals surface area contributed by atoms with E-state index >= 15 is 0 Å². The minimum atomic E-state index is -0.876. The van der Waals surface area contributed by atoms with Crippen molar-refractivity contribution in [3.8, 4) is 0 Å². The largest absolute Gasteiger partial charge is 0.319 e. The van der Waals surface area contributed by atoms with Crippen molar-refractivity contribution in [2.75, 3.05) is 13.1 Å². The van der Waals surface area contributed by atoms with Crippen LogP contribution in [0.1, 0.15) is 5.56 Å². The van der Waals surface area contributed by atoms with Crippen LogP contribution in [-0.4, -0.2) is 13.1 Å². The minimum absolute atomic E-state index is 0.120. The molecule has 0 aromatic heterocycles. The summed E-state index contributed by atoms with van der Waals surface area (Å²) in [4.78, 5) is 0. The van der Waals surface area contributed by atoms with E-state index in [1.165, 1.54) is 12.1 Å². The summed E-state index contributed by atoms with van der Waals surface area (Å²) in [7, 11) is 0. The number of hydrogen-bond acceptors (Lipinski definition) is 2. The maximum atomic E-state index is 13.5. The SMILES string of the molecule is NC1(c2ccc(Br)c(F)c2F)CNC1. The van der Waals surface area contributed by atoms with E-state index in [1.54, 1.807) is 0 Å². The highest BCUT2D eigenvalue weighted by Gasteiger charge is 2.37. The van der Waals surface area contributed by atoms with Gasteiger partial charge in [0.1, 0.15) is 0 Å². The lowest BCUT2D eigenvalue weighted by Crippen LogP contribution is -2.63. The molecule has 0 amide bonds. The molecule has 0 atom stereocenters. The van der Waals surface area contributed by atoms with Crippen LogP contribution < -0.4 is 11.1 Å². The maximum Gasteiger partial charge on any atom is 0.173 e. The summed E-state index contributed by atoms with van der Waals surface area (Å²) in [6, 6.07) is 2.99. The molecule has 76 valence electrons. The molecule has 1 heterocycles. The molecule has 0 saturated carbocycles. The molecule has 0 aliphatic carbocycles. The van der Waals surface area contributed by atoms with E-state index in [0.717, 1.165) is 0 Å². The molecular weight excluding hydrogens is 254 g/mol. The normalized spacial score (nSPS) is 19.1. The van der Waals surface area contributed by atoms with Crippen molar-refractivity contribution in [3.05, 3.63) is 33.8 Å². The van der Waals surface area contributed by atoms with Crippen LogP contribution in [0, 0.1) is 11.6 Å². The van der Waals surface area contributed by atoms with Crippen LogP contribution in [0.5, 0.6) is 0 Å². The van der Waals surface area contributed by atoms with Gasteiger partial charge < -0.3 is 11.1 Å². The van der Waals surface area contributed by atoms with E-state index in [0.29, 0.717) is 13.1 Å². The first-order valence-electron chi connectivity index (χ1n) is 4.18. The van der Waals surface area contributed by atoms with Crippen molar-refractivity contribution in [1.29, 1.82) is 0 Å². The molecule has 1 aromatic carbocycles. The topological polar surface area (TPSA) is 38.0 Å². The molecule has 0 unspecified atom stereocenters. The van der Waals surface area contributed by atoms with Gasteiger partial charge in [0, 0.05) is 18.7 Å². The molecule has 0 bridgehead atoms.